The van der Waals surface area contributed by atoms with Crippen LogP contribution >= 0.6 is 0 Å². The molecule has 3 heterocycles. The summed E-state index contributed by atoms with van der Waals surface area (Å²) < 4.78 is 7.74. The number of unbranched alkanes of at least 4 members (excludes halogenated alkanes) is 3. The number of benzene rings is 1. The number of hydrogen-bond acceptors (Lipinski definition) is 8. The number of aryl methyl sites for hydroxylation is 1. The fraction of sp³-hybridized carbons (Fsp3) is 0.484. The first-order valence-corrected chi connectivity index (χ1v) is 14.3. The Bertz CT molecular complexity index is 1560. The van der Waals surface area contributed by atoms with Gasteiger partial charge < -0.3 is 25.3 Å². The molecule has 1 atom stereocenters. The highest BCUT2D eigenvalue weighted by molar-refractivity contribution is 5.99. The van der Waals surface area contributed by atoms with E-state index in [2.05, 4.69) is 6.92 Å². The Balaban J connectivity index is 1.45. The van der Waals surface area contributed by atoms with Gasteiger partial charge in [0.05, 0.1) is 35.7 Å². The van der Waals surface area contributed by atoms with Crippen molar-refractivity contribution < 1.29 is 24.5 Å². The summed E-state index contributed by atoms with van der Waals surface area (Å²) in [5.41, 5.74) is 10.2. The molecule has 9 nitrogen and oxygen atoms in total. The van der Waals surface area contributed by atoms with E-state index in [1.807, 2.05) is 12.1 Å². The minimum Gasteiger partial charge on any atom is -0.491 e. The monoisotopic (exact) mass is 547 g/mol. The van der Waals surface area contributed by atoms with Crippen molar-refractivity contribution >= 4 is 28.2 Å². The smallest absolute Gasteiger partial charge is 0.254 e. The highest BCUT2D eigenvalue weighted by atomic mass is 16.5. The highest BCUT2D eigenvalue weighted by Gasteiger charge is 2.43. The number of ether oxygens (including phenoxy) is 1. The number of ketones is 2. The maximum atomic E-state index is 13.6. The van der Waals surface area contributed by atoms with Crippen LogP contribution in [-0.2, 0) is 34.6 Å². The molecule has 0 fully saturated rings. The minimum atomic E-state index is -1.65. The third-order valence-electron chi connectivity index (χ3n) is 8.48. The molecule has 0 amide bonds. The minimum absolute atomic E-state index is 0.128. The number of aliphatic hydroxyl groups is 2. The lowest BCUT2D eigenvalue weighted by Crippen LogP contribution is -2.43. The summed E-state index contributed by atoms with van der Waals surface area (Å²) in [5, 5.41) is 20.9. The van der Waals surface area contributed by atoms with E-state index >= 15 is 0 Å². The predicted molar refractivity (Wildman–Crippen MR) is 153 cm³/mol. The van der Waals surface area contributed by atoms with E-state index in [1.54, 1.807) is 17.6 Å². The van der Waals surface area contributed by atoms with Gasteiger partial charge >= 0.3 is 0 Å². The zero-order valence-electron chi connectivity index (χ0n) is 23.2. The van der Waals surface area contributed by atoms with Gasteiger partial charge in [0.15, 0.2) is 11.6 Å². The first kappa shape index (κ1) is 28.0. The van der Waals surface area contributed by atoms with Gasteiger partial charge in [-0.05, 0) is 55.9 Å². The number of fused-ring (bicyclic) bond motifs is 5. The van der Waals surface area contributed by atoms with Gasteiger partial charge in [0.2, 0.25) is 0 Å². The molecule has 2 aromatic heterocycles. The molecule has 0 saturated heterocycles. The molecule has 1 aromatic carbocycles. The van der Waals surface area contributed by atoms with Crippen molar-refractivity contribution in [2.24, 2.45) is 0 Å². The second-order valence-corrected chi connectivity index (χ2v) is 10.8. The van der Waals surface area contributed by atoms with Crippen LogP contribution in [-0.4, -0.2) is 44.5 Å². The lowest BCUT2D eigenvalue weighted by molar-refractivity contribution is -0.140. The number of pyridine rings is 2. The lowest BCUT2D eigenvalue weighted by atomic mass is 9.77. The Morgan fingerprint density at radius 2 is 1.90 bits per heavy atom. The molecule has 0 bridgehead atoms. The first-order valence-electron chi connectivity index (χ1n) is 14.3. The summed E-state index contributed by atoms with van der Waals surface area (Å²) in [6, 6.07) is 5.49. The molecule has 0 spiro atoms. The van der Waals surface area contributed by atoms with Crippen molar-refractivity contribution in [1.82, 2.24) is 9.55 Å². The van der Waals surface area contributed by atoms with Gasteiger partial charge in [0.1, 0.15) is 18.0 Å². The van der Waals surface area contributed by atoms with Gasteiger partial charge in [0, 0.05) is 34.9 Å². The van der Waals surface area contributed by atoms with Crippen molar-refractivity contribution in [3.05, 3.63) is 50.8 Å². The van der Waals surface area contributed by atoms with Crippen LogP contribution in [0.2, 0.25) is 0 Å². The first-order chi connectivity index (χ1) is 19.2. The number of nitrogens with two attached hydrogens (primary N) is 1. The molecule has 3 aromatic rings. The Labute approximate surface area is 233 Å². The van der Waals surface area contributed by atoms with Gasteiger partial charge in [-0.2, -0.15) is 0 Å². The number of aromatic nitrogens is 2. The molecule has 0 saturated carbocycles. The Hall–Kier alpha value is -3.56. The molecule has 0 radical (unpaired) electrons. The Morgan fingerprint density at radius 1 is 1.12 bits per heavy atom. The number of nitrogens with zero attached hydrogens (tertiary/aromatic N) is 2. The SMILES string of the molecule is CCc1c2c(nc3ccc(OCCCCCCC(=O)CO)c(N)c13)-c1cc3c(c(=O)n1C2)CCC(=O)[C@]3(O)CC. The van der Waals surface area contributed by atoms with E-state index in [1.165, 1.54) is 0 Å². The molecule has 9 heteroatoms. The van der Waals surface area contributed by atoms with Crippen LogP contribution in [0.3, 0.4) is 0 Å². The number of nitrogen functional groups attached to an aromatic ring is 1. The van der Waals surface area contributed by atoms with E-state index in [4.69, 9.17) is 20.6 Å². The summed E-state index contributed by atoms with van der Waals surface area (Å²) in [4.78, 5) is 42.4. The van der Waals surface area contributed by atoms with Crippen LogP contribution in [0.5, 0.6) is 5.75 Å². The molecule has 5 rings (SSSR count). The number of anilines is 1. The predicted octanol–water partition coefficient (Wildman–Crippen LogP) is 3.57. The second-order valence-electron chi connectivity index (χ2n) is 10.8. The number of Topliss-reactive ketones (excluding diaryl/α,β-unsaturated/α-hetero) is 2. The van der Waals surface area contributed by atoms with Crippen molar-refractivity contribution in [3.8, 4) is 17.1 Å². The third kappa shape index (κ3) is 4.61. The number of aliphatic hydroxyl groups excluding tert-OH is 1. The van der Waals surface area contributed by atoms with Crippen LogP contribution in [0.1, 0.15) is 81.0 Å². The van der Waals surface area contributed by atoms with Crippen molar-refractivity contribution in [1.29, 1.82) is 0 Å². The highest BCUT2D eigenvalue weighted by Crippen LogP contribution is 2.43. The summed E-state index contributed by atoms with van der Waals surface area (Å²) in [7, 11) is 0. The van der Waals surface area contributed by atoms with Gasteiger partial charge in [-0.15, -0.1) is 0 Å². The fourth-order valence-electron chi connectivity index (χ4n) is 6.21. The molecule has 1 aliphatic heterocycles. The molecule has 1 aliphatic carbocycles. The van der Waals surface area contributed by atoms with E-state index in [-0.39, 0.29) is 30.0 Å². The van der Waals surface area contributed by atoms with Crippen LogP contribution in [0.4, 0.5) is 5.69 Å². The number of carbonyl (C=O) groups excluding carboxylic acids is 2. The maximum absolute atomic E-state index is 13.6. The standard InChI is InChI=1S/C31H37N3O6/c1-3-19-21-16-34-24(15-22-20(30(34)38)10-13-26(37)31(22,39)4-2)29(21)33-23-11-12-25(28(32)27(19)23)40-14-8-6-5-7-9-18(36)17-35/h11-12,15,35,39H,3-10,13-14,16-17,32H2,1-2H3/t31-/m0/s1. The Kier molecular flexibility index (Phi) is 7.79. The zero-order valence-corrected chi connectivity index (χ0v) is 23.2. The zero-order chi connectivity index (χ0) is 28.6. The second kappa shape index (κ2) is 11.1. The van der Waals surface area contributed by atoms with E-state index < -0.39 is 12.2 Å². The molecule has 2 aliphatic rings. The summed E-state index contributed by atoms with van der Waals surface area (Å²) in [6.45, 7) is 4.28. The van der Waals surface area contributed by atoms with Crippen LogP contribution < -0.4 is 16.0 Å². The average Bonchev–Trinajstić information content (AvgIpc) is 3.33. The van der Waals surface area contributed by atoms with Gasteiger partial charge in [-0.3, -0.25) is 14.4 Å². The summed E-state index contributed by atoms with van der Waals surface area (Å²) in [5.74, 6) is 0.217. The largest absolute Gasteiger partial charge is 0.491 e. The number of rotatable bonds is 11. The van der Waals surface area contributed by atoms with E-state index in [0.717, 1.165) is 42.2 Å². The molecule has 40 heavy (non-hydrogen) atoms. The van der Waals surface area contributed by atoms with E-state index in [0.29, 0.717) is 71.9 Å². The number of carbonyl (C=O) groups is 2. The molecular formula is C31H37N3O6. The maximum Gasteiger partial charge on any atom is 0.254 e. The quantitative estimate of drug-likeness (QED) is 0.191. The number of hydrogen-bond donors (Lipinski definition) is 3. The fourth-order valence-corrected chi connectivity index (χ4v) is 6.21. The normalized spacial score (nSPS) is 17.6. The van der Waals surface area contributed by atoms with Crippen molar-refractivity contribution in [3.63, 3.8) is 0 Å². The summed E-state index contributed by atoms with van der Waals surface area (Å²) in [6.07, 6.45) is 5.18. The Morgan fingerprint density at radius 3 is 2.62 bits per heavy atom. The molecule has 212 valence electrons. The van der Waals surface area contributed by atoms with Gasteiger partial charge in [0.25, 0.3) is 5.56 Å². The lowest BCUT2D eigenvalue weighted by Gasteiger charge is -2.32. The van der Waals surface area contributed by atoms with E-state index in [9.17, 15) is 19.5 Å². The molecule has 0 unspecified atom stereocenters. The topological polar surface area (TPSA) is 145 Å². The van der Waals surface area contributed by atoms with Crippen LogP contribution in [0.15, 0.2) is 23.0 Å². The molecule has 4 N–H and O–H groups in total. The summed E-state index contributed by atoms with van der Waals surface area (Å²) >= 11 is 0. The van der Waals surface area contributed by atoms with Gasteiger partial charge in [-0.25, -0.2) is 4.98 Å². The van der Waals surface area contributed by atoms with Gasteiger partial charge in [-0.1, -0.05) is 26.7 Å². The average molecular weight is 548 g/mol. The van der Waals surface area contributed by atoms with Crippen molar-refractivity contribution in [2.45, 2.75) is 83.8 Å². The molecular weight excluding hydrogens is 510 g/mol. The van der Waals surface area contributed by atoms with Crippen molar-refractivity contribution in [2.75, 3.05) is 18.9 Å². The third-order valence-corrected chi connectivity index (χ3v) is 8.48. The van der Waals surface area contributed by atoms with Crippen LogP contribution in [0, 0.1) is 0 Å². The van der Waals surface area contributed by atoms with Crippen LogP contribution in [0.25, 0.3) is 22.3 Å².